The molecule has 0 fully saturated rings. The molecule has 0 atom stereocenters. The molecule has 3 rings (SSSR count). The normalized spacial score (nSPS) is 14.0. The van der Waals surface area contributed by atoms with E-state index in [1.165, 1.54) is 0 Å². The second kappa shape index (κ2) is 8.30. The minimum Gasteiger partial charge on any atom is -0.477 e. The van der Waals surface area contributed by atoms with Crippen molar-refractivity contribution < 1.29 is 15.0 Å². The van der Waals surface area contributed by atoms with E-state index in [1.807, 2.05) is 18.2 Å². The number of hydrazone groups is 1. The van der Waals surface area contributed by atoms with Crippen LogP contribution in [-0.2, 0) is 4.79 Å². The lowest BCUT2D eigenvalue weighted by molar-refractivity contribution is -0.129. The van der Waals surface area contributed by atoms with E-state index in [-0.39, 0.29) is 6.54 Å². The van der Waals surface area contributed by atoms with E-state index in [4.69, 9.17) is 33.4 Å². The molecular weight excluding hydrogens is 391 g/mol. The molecule has 1 heterocycles. The van der Waals surface area contributed by atoms with Crippen molar-refractivity contribution >= 4 is 52.1 Å². The maximum atomic E-state index is 11.0. The summed E-state index contributed by atoms with van der Waals surface area (Å²) in [6, 6.07) is 12.4. The molecule has 27 heavy (non-hydrogen) atoms. The number of amidine groups is 1. The highest BCUT2D eigenvalue weighted by Gasteiger charge is 2.19. The first kappa shape index (κ1) is 19.0. The quantitative estimate of drug-likeness (QED) is 0.537. The van der Waals surface area contributed by atoms with Crippen LogP contribution in [0.4, 0.5) is 5.69 Å². The van der Waals surface area contributed by atoms with Gasteiger partial charge in [0.15, 0.2) is 5.71 Å². The van der Waals surface area contributed by atoms with Crippen LogP contribution in [0.3, 0.4) is 0 Å². The van der Waals surface area contributed by atoms with Crippen LogP contribution in [-0.4, -0.2) is 46.6 Å². The molecule has 0 radical (unpaired) electrons. The van der Waals surface area contributed by atoms with Gasteiger partial charge in [0.1, 0.15) is 5.84 Å². The van der Waals surface area contributed by atoms with E-state index in [9.17, 15) is 4.79 Å². The number of aliphatic carboxylic acids is 1. The number of carboxylic acid groups (broad SMARTS) is 1. The Labute approximate surface area is 164 Å². The maximum Gasteiger partial charge on any atom is 0.354 e. The Morgan fingerprint density at radius 2 is 1.96 bits per heavy atom. The third kappa shape index (κ3) is 4.33. The highest BCUT2D eigenvalue weighted by Crippen LogP contribution is 2.30. The second-order valence-corrected chi connectivity index (χ2v) is 6.34. The summed E-state index contributed by atoms with van der Waals surface area (Å²) >= 11 is 12.5. The molecule has 9 heteroatoms. The monoisotopic (exact) mass is 404 g/mol. The molecule has 2 aromatic rings. The number of hydrogen-bond donors (Lipinski definition) is 3. The fraction of sp³-hybridized carbons (Fsp3) is 0.111. The third-order valence-corrected chi connectivity index (χ3v) is 4.27. The van der Waals surface area contributed by atoms with Gasteiger partial charge >= 0.3 is 5.97 Å². The molecule has 0 spiro atoms. The van der Waals surface area contributed by atoms with Crippen LogP contribution in [0.2, 0.25) is 10.0 Å². The summed E-state index contributed by atoms with van der Waals surface area (Å²) in [5.74, 6) is -1.01. The maximum absolute atomic E-state index is 11.0. The minimum atomic E-state index is -1.33. The SMILES string of the molecule is O=C(O)C(CO)=NNC1=Nc2ccc(Cl)cc2C(c2ccccc2Cl)=NC1. The largest absolute Gasteiger partial charge is 0.477 e. The van der Waals surface area contributed by atoms with Crippen molar-refractivity contribution in [1.29, 1.82) is 0 Å². The van der Waals surface area contributed by atoms with E-state index >= 15 is 0 Å². The smallest absolute Gasteiger partial charge is 0.354 e. The number of aliphatic imine (C=N–C) groups is 2. The number of carboxylic acids is 1. The molecule has 3 N–H and O–H groups in total. The van der Waals surface area contributed by atoms with Gasteiger partial charge < -0.3 is 10.2 Å². The van der Waals surface area contributed by atoms with Gasteiger partial charge in [0.25, 0.3) is 0 Å². The number of carbonyl (C=O) groups is 1. The molecule has 138 valence electrons. The van der Waals surface area contributed by atoms with Crippen LogP contribution in [0, 0.1) is 0 Å². The Kier molecular flexibility index (Phi) is 5.85. The lowest BCUT2D eigenvalue weighted by Gasteiger charge is -2.10. The van der Waals surface area contributed by atoms with Crippen LogP contribution >= 0.6 is 23.2 Å². The van der Waals surface area contributed by atoms with Gasteiger partial charge in [-0.1, -0.05) is 41.4 Å². The summed E-state index contributed by atoms with van der Waals surface area (Å²) < 4.78 is 0. The average Bonchev–Trinajstić information content (AvgIpc) is 2.81. The van der Waals surface area contributed by atoms with Gasteiger partial charge in [-0.15, -0.1) is 0 Å². The van der Waals surface area contributed by atoms with Crippen LogP contribution in [0.25, 0.3) is 0 Å². The van der Waals surface area contributed by atoms with Gasteiger partial charge in [0.2, 0.25) is 0 Å². The van der Waals surface area contributed by atoms with Gasteiger partial charge in [0.05, 0.1) is 24.6 Å². The molecule has 1 aliphatic rings. The Bertz CT molecular complexity index is 986. The summed E-state index contributed by atoms with van der Waals surface area (Å²) in [5, 5.41) is 22.7. The van der Waals surface area contributed by atoms with E-state index in [0.29, 0.717) is 32.8 Å². The summed E-state index contributed by atoms with van der Waals surface area (Å²) in [7, 11) is 0. The third-order valence-electron chi connectivity index (χ3n) is 3.70. The zero-order valence-electron chi connectivity index (χ0n) is 13.9. The number of nitrogens with one attached hydrogen (secondary N) is 1. The van der Waals surface area contributed by atoms with Gasteiger partial charge in [-0.2, -0.15) is 5.10 Å². The molecule has 2 aromatic carbocycles. The Hall–Kier alpha value is -2.74. The van der Waals surface area contributed by atoms with Crippen LogP contribution in [0.15, 0.2) is 57.6 Å². The van der Waals surface area contributed by atoms with Crippen molar-refractivity contribution in [2.24, 2.45) is 15.1 Å². The van der Waals surface area contributed by atoms with Crippen LogP contribution < -0.4 is 5.43 Å². The van der Waals surface area contributed by atoms with Gasteiger partial charge in [-0.25, -0.2) is 9.79 Å². The standard InChI is InChI=1S/C18H14Cl2N4O3/c19-10-5-6-14-12(7-10)17(11-3-1-2-4-13(11)20)21-8-16(22-14)24-23-15(9-25)18(26)27/h1-7,25H,8-9H2,(H,22,24)(H,26,27). The number of benzene rings is 2. The second-order valence-electron chi connectivity index (χ2n) is 5.50. The van der Waals surface area contributed by atoms with Crippen LogP contribution in [0.5, 0.6) is 0 Å². The molecule has 0 amide bonds. The number of fused-ring (bicyclic) bond motifs is 1. The lowest BCUT2D eigenvalue weighted by atomic mass is 10.0. The zero-order valence-corrected chi connectivity index (χ0v) is 15.4. The minimum absolute atomic E-state index is 0.106. The molecule has 7 nitrogen and oxygen atoms in total. The first-order valence-electron chi connectivity index (χ1n) is 7.83. The molecular formula is C18H14Cl2N4O3. The van der Waals surface area contributed by atoms with Crippen molar-refractivity contribution in [2.45, 2.75) is 0 Å². The molecule has 1 aliphatic heterocycles. The van der Waals surface area contributed by atoms with Gasteiger partial charge in [-0.05, 0) is 24.3 Å². The first-order valence-corrected chi connectivity index (χ1v) is 8.58. The number of nitrogens with zero attached hydrogens (tertiary/aromatic N) is 3. The van der Waals surface area contributed by atoms with Crippen molar-refractivity contribution in [3.63, 3.8) is 0 Å². The Morgan fingerprint density at radius 3 is 2.67 bits per heavy atom. The van der Waals surface area contributed by atoms with Gasteiger partial charge in [0, 0.05) is 21.2 Å². The molecule has 0 aliphatic carbocycles. The fourth-order valence-corrected chi connectivity index (χ4v) is 2.84. The van der Waals surface area contributed by atoms with E-state index in [0.717, 1.165) is 5.56 Å². The average molecular weight is 405 g/mol. The van der Waals surface area contributed by atoms with Gasteiger partial charge in [-0.3, -0.25) is 10.4 Å². The number of hydrogen-bond acceptors (Lipinski definition) is 6. The van der Waals surface area contributed by atoms with Crippen molar-refractivity contribution in [2.75, 3.05) is 13.2 Å². The number of aliphatic hydroxyl groups excluding tert-OH is 1. The number of rotatable bonds is 4. The Balaban J connectivity index is 2.05. The first-order chi connectivity index (χ1) is 13.0. The van der Waals surface area contributed by atoms with Crippen molar-refractivity contribution in [3.05, 3.63) is 63.6 Å². The van der Waals surface area contributed by atoms with Crippen LogP contribution in [0.1, 0.15) is 11.1 Å². The highest BCUT2D eigenvalue weighted by atomic mass is 35.5. The Morgan fingerprint density at radius 1 is 1.19 bits per heavy atom. The van der Waals surface area contributed by atoms with Crippen molar-refractivity contribution in [3.8, 4) is 0 Å². The van der Waals surface area contributed by atoms with E-state index in [2.05, 4.69) is 20.5 Å². The predicted molar refractivity (Wildman–Crippen MR) is 106 cm³/mol. The molecule has 0 saturated carbocycles. The molecule has 0 unspecified atom stereocenters. The van der Waals surface area contributed by atoms with E-state index < -0.39 is 18.3 Å². The summed E-state index contributed by atoms with van der Waals surface area (Å²) in [6.45, 7) is -0.607. The summed E-state index contributed by atoms with van der Waals surface area (Å²) in [6.07, 6.45) is 0. The zero-order chi connectivity index (χ0) is 19.4. The van der Waals surface area contributed by atoms with E-state index in [1.54, 1.807) is 24.3 Å². The fourth-order valence-electron chi connectivity index (χ4n) is 2.44. The number of halogens is 2. The highest BCUT2D eigenvalue weighted by molar-refractivity contribution is 6.37. The molecule has 0 bridgehead atoms. The predicted octanol–water partition coefficient (Wildman–Crippen LogP) is 2.90. The molecule has 0 saturated heterocycles. The van der Waals surface area contributed by atoms with Crippen molar-refractivity contribution in [1.82, 2.24) is 5.43 Å². The summed E-state index contributed by atoms with van der Waals surface area (Å²) in [4.78, 5) is 20.0. The lowest BCUT2D eigenvalue weighted by Crippen LogP contribution is -2.26. The number of aliphatic hydroxyl groups is 1. The topological polar surface area (TPSA) is 107 Å². The summed E-state index contributed by atoms with van der Waals surface area (Å²) in [5.41, 5.74) is 4.73. The molecule has 0 aromatic heterocycles.